The van der Waals surface area contributed by atoms with Crippen LogP contribution in [0.3, 0.4) is 0 Å². The number of nitrogens with one attached hydrogen (secondary N) is 1. The van der Waals surface area contributed by atoms with Gasteiger partial charge in [0.2, 0.25) is 11.8 Å². The van der Waals surface area contributed by atoms with Crippen molar-refractivity contribution in [2.24, 2.45) is 0 Å². The summed E-state index contributed by atoms with van der Waals surface area (Å²) in [6.45, 7) is 5.49. The van der Waals surface area contributed by atoms with Crippen LogP contribution in [-0.2, 0) is 26.0 Å². The highest BCUT2D eigenvalue weighted by Crippen LogP contribution is 2.32. The van der Waals surface area contributed by atoms with E-state index in [1.165, 1.54) is 24.1 Å². The quantitative estimate of drug-likeness (QED) is 0.307. The van der Waals surface area contributed by atoms with Crippen LogP contribution in [0.5, 0.6) is 5.75 Å². The Morgan fingerprint density at radius 2 is 1.48 bits per heavy atom. The molecule has 0 bridgehead atoms. The standard InChI is InChI=1S/C31H39N3O5S/c1-5-24(3)32-31(36)27(6-2)33(22-21-25-15-9-7-10-16-25)30(35)23-34(28-19-13-14-20-29(28)39-4)40(37,38)26-17-11-8-12-18-26/h7-20,24,27H,5-6,21-23H2,1-4H3,(H,32,36)/t24-,27+/m0/s1. The molecule has 0 unspecified atom stereocenters. The van der Waals surface area contributed by atoms with Crippen molar-refractivity contribution in [1.82, 2.24) is 10.2 Å². The van der Waals surface area contributed by atoms with E-state index in [2.05, 4.69) is 5.32 Å². The normalized spacial score (nSPS) is 12.7. The maximum atomic E-state index is 14.1. The Bertz CT molecular complexity index is 1350. The smallest absolute Gasteiger partial charge is 0.264 e. The number of sulfonamides is 1. The predicted molar refractivity (Wildman–Crippen MR) is 158 cm³/mol. The molecule has 2 atom stereocenters. The fourth-order valence-electron chi connectivity index (χ4n) is 4.41. The maximum Gasteiger partial charge on any atom is 0.264 e. The Morgan fingerprint density at radius 3 is 2.08 bits per heavy atom. The van der Waals surface area contributed by atoms with Crippen LogP contribution < -0.4 is 14.4 Å². The molecule has 3 rings (SSSR count). The van der Waals surface area contributed by atoms with Gasteiger partial charge in [-0.2, -0.15) is 0 Å². The number of amides is 2. The first-order valence-corrected chi connectivity index (χ1v) is 15.0. The molecule has 40 heavy (non-hydrogen) atoms. The Hall–Kier alpha value is -3.85. The molecule has 1 N–H and O–H groups in total. The van der Waals surface area contributed by atoms with Crippen molar-refractivity contribution < 1.29 is 22.7 Å². The molecule has 0 aliphatic carbocycles. The Kier molecular flexibility index (Phi) is 11.1. The number of hydrogen-bond donors (Lipinski definition) is 1. The molecule has 0 spiro atoms. The molecular formula is C31H39N3O5S. The molecule has 214 valence electrons. The number of methoxy groups -OCH3 is 1. The summed E-state index contributed by atoms with van der Waals surface area (Å²) in [6.07, 6.45) is 1.64. The van der Waals surface area contributed by atoms with Gasteiger partial charge in [0.05, 0.1) is 17.7 Å². The lowest BCUT2D eigenvalue weighted by atomic mass is 10.1. The van der Waals surface area contributed by atoms with Crippen molar-refractivity contribution in [1.29, 1.82) is 0 Å². The molecule has 9 heteroatoms. The Morgan fingerprint density at radius 1 is 0.875 bits per heavy atom. The number of anilines is 1. The van der Waals surface area contributed by atoms with Gasteiger partial charge in [-0.1, -0.05) is 74.5 Å². The first-order chi connectivity index (χ1) is 19.2. The average molecular weight is 566 g/mol. The zero-order valence-electron chi connectivity index (χ0n) is 23.6. The van der Waals surface area contributed by atoms with E-state index in [0.29, 0.717) is 18.6 Å². The van der Waals surface area contributed by atoms with Gasteiger partial charge in [0.25, 0.3) is 10.0 Å². The first-order valence-electron chi connectivity index (χ1n) is 13.6. The summed E-state index contributed by atoms with van der Waals surface area (Å²) < 4.78 is 34.4. The molecule has 0 aliphatic heterocycles. The lowest BCUT2D eigenvalue weighted by molar-refractivity contribution is -0.139. The van der Waals surface area contributed by atoms with E-state index in [9.17, 15) is 18.0 Å². The third-order valence-corrected chi connectivity index (χ3v) is 8.61. The summed E-state index contributed by atoms with van der Waals surface area (Å²) in [5.41, 5.74) is 1.25. The van der Waals surface area contributed by atoms with Crippen LogP contribution in [0.1, 0.15) is 39.2 Å². The molecular weight excluding hydrogens is 526 g/mol. The highest BCUT2D eigenvalue weighted by atomic mass is 32.2. The van der Waals surface area contributed by atoms with E-state index in [1.807, 2.05) is 51.1 Å². The molecule has 3 aromatic carbocycles. The predicted octanol–water partition coefficient (Wildman–Crippen LogP) is 4.66. The number of ether oxygens (including phenoxy) is 1. The molecule has 0 saturated heterocycles. The van der Waals surface area contributed by atoms with Gasteiger partial charge in [0.1, 0.15) is 18.3 Å². The zero-order chi connectivity index (χ0) is 29.1. The van der Waals surface area contributed by atoms with Gasteiger partial charge < -0.3 is 15.0 Å². The number of carbonyl (C=O) groups excluding carboxylic acids is 2. The molecule has 0 radical (unpaired) electrons. The van der Waals surface area contributed by atoms with E-state index in [1.54, 1.807) is 42.5 Å². The van der Waals surface area contributed by atoms with Gasteiger partial charge in [-0.25, -0.2) is 8.42 Å². The summed E-state index contributed by atoms with van der Waals surface area (Å²) in [4.78, 5) is 29.0. The third kappa shape index (κ3) is 7.63. The highest BCUT2D eigenvalue weighted by molar-refractivity contribution is 7.92. The molecule has 0 aliphatic rings. The van der Waals surface area contributed by atoms with Crippen LogP contribution >= 0.6 is 0 Å². The molecule has 0 fully saturated rings. The lowest BCUT2D eigenvalue weighted by Crippen LogP contribution is -2.54. The van der Waals surface area contributed by atoms with Crippen molar-refractivity contribution in [3.05, 3.63) is 90.5 Å². The molecule has 0 saturated carbocycles. The number of nitrogens with zero attached hydrogens (tertiary/aromatic N) is 2. The van der Waals surface area contributed by atoms with Gasteiger partial charge in [-0.15, -0.1) is 0 Å². The summed E-state index contributed by atoms with van der Waals surface area (Å²) >= 11 is 0. The second-order valence-corrected chi connectivity index (χ2v) is 11.4. The minimum atomic E-state index is -4.15. The third-order valence-electron chi connectivity index (χ3n) is 6.84. The molecule has 8 nitrogen and oxygen atoms in total. The fraction of sp³-hybridized carbons (Fsp3) is 0.355. The van der Waals surface area contributed by atoms with Crippen molar-refractivity contribution in [2.45, 2.75) is 57.0 Å². The van der Waals surface area contributed by atoms with E-state index < -0.39 is 28.5 Å². The average Bonchev–Trinajstić information content (AvgIpc) is 2.98. The van der Waals surface area contributed by atoms with Crippen LogP contribution in [0.2, 0.25) is 0 Å². The van der Waals surface area contributed by atoms with Crippen LogP contribution in [0.15, 0.2) is 89.8 Å². The Balaban J connectivity index is 2.03. The monoisotopic (exact) mass is 565 g/mol. The second-order valence-electron chi connectivity index (χ2n) is 9.56. The Labute approximate surface area is 238 Å². The second kappa shape index (κ2) is 14.5. The first kappa shape index (κ1) is 30.7. The summed E-state index contributed by atoms with van der Waals surface area (Å²) in [7, 11) is -2.70. The highest BCUT2D eigenvalue weighted by Gasteiger charge is 2.34. The van der Waals surface area contributed by atoms with Crippen molar-refractivity contribution in [3.63, 3.8) is 0 Å². The summed E-state index contributed by atoms with van der Waals surface area (Å²) in [6, 6.07) is 23.5. The van der Waals surface area contributed by atoms with Crippen molar-refractivity contribution in [2.75, 3.05) is 24.5 Å². The number of para-hydroxylation sites is 2. The van der Waals surface area contributed by atoms with Gasteiger partial charge in [0, 0.05) is 12.6 Å². The van der Waals surface area contributed by atoms with Crippen LogP contribution in [0, 0.1) is 0 Å². The van der Waals surface area contributed by atoms with E-state index in [0.717, 1.165) is 16.3 Å². The molecule has 0 heterocycles. The van der Waals surface area contributed by atoms with Crippen molar-refractivity contribution in [3.8, 4) is 5.75 Å². The van der Waals surface area contributed by atoms with Crippen LogP contribution in [0.4, 0.5) is 5.69 Å². The number of carbonyl (C=O) groups is 2. The minimum Gasteiger partial charge on any atom is -0.495 e. The molecule has 3 aromatic rings. The summed E-state index contributed by atoms with van der Waals surface area (Å²) in [5, 5.41) is 2.99. The number of benzene rings is 3. The summed E-state index contributed by atoms with van der Waals surface area (Å²) in [5.74, 6) is -0.423. The minimum absolute atomic E-state index is 0.0473. The number of hydrogen-bond acceptors (Lipinski definition) is 5. The van der Waals surface area contributed by atoms with Gasteiger partial charge in [-0.05, 0) is 56.0 Å². The fourth-order valence-corrected chi connectivity index (χ4v) is 5.85. The SMILES string of the molecule is CC[C@H](C(=O)N[C@@H](C)CC)N(CCc1ccccc1)C(=O)CN(c1ccccc1OC)S(=O)(=O)c1ccccc1. The molecule has 2 amide bonds. The largest absolute Gasteiger partial charge is 0.495 e. The zero-order valence-corrected chi connectivity index (χ0v) is 24.4. The lowest BCUT2D eigenvalue weighted by Gasteiger charge is -2.34. The van der Waals surface area contributed by atoms with Gasteiger partial charge in [0.15, 0.2) is 0 Å². The van der Waals surface area contributed by atoms with E-state index in [-0.39, 0.29) is 29.1 Å². The van der Waals surface area contributed by atoms with Crippen molar-refractivity contribution >= 4 is 27.5 Å². The number of rotatable bonds is 14. The van der Waals surface area contributed by atoms with E-state index in [4.69, 9.17) is 4.74 Å². The van der Waals surface area contributed by atoms with Gasteiger partial charge in [-0.3, -0.25) is 13.9 Å². The van der Waals surface area contributed by atoms with Crippen LogP contribution in [0.25, 0.3) is 0 Å². The maximum absolute atomic E-state index is 14.1. The topological polar surface area (TPSA) is 96.0 Å². The molecule has 0 aromatic heterocycles. The van der Waals surface area contributed by atoms with Gasteiger partial charge >= 0.3 is 0 Å². The van der Waals surface area contributed by atoms with Crippen LogP contribution in [-0.4, -0.2) is 57.4 Å². The van der Waals surface area contributed by atoms with E-state index >= 15 is 0 Å².